The summed E-state index contributed by atoms with van der Waals surface area (Å²) in [7, 11) is -1.07. The third-order valence-electron chi connectivity index (χ3n) is 2.91. The van der Waals surface area contributed by atoms with Crippen LogP contribution in [0.25, 0.3) is 0 Å². The van der Waals surface area contributed by atoms with Crippen LogP contribution in [-0.2, 0) is 0 Å². The van der Waals surface area contributed by atoms with E-state index < -0.39 is 7.92 Å². The normalized spacial score (nSPS) is 10.7. The van der Waals surface area contributed by atoms with Crippen LogP contribution in [0.5, 0.6) is 0 Å². The molecule has 3 rings (SSSR count). The molecule has 0 amide bonds. The van der Waals surface area contributed by atoms with E-state index in [2.05, 4.69) is 0 Å². The molecular weight excluding hydrogens is 287 g/mol. The van der Waals surface area contributed by atoms with E-state index in [9.17, 15) is 9.59 Å². The van der Waals surface area contributed by atoms with Gasteiger partial charge in [-0.15, -0.1) is 0 Å². The van der Waals surface area contributed by atoms with Crippen molar-refractivity contribution in [2.75, 3.05) is 0 Å². The number of carbonyl (C=O) groups is 2. The lowest BCUT2D eigenvalue weighted by atomic mass is 10.4. The number of carbonyl (C=O) groups excluding carboxylic acids is 2. The molecule has 0 spiro atoms. The number of benzene rings is 1. The highest BCUT2D eigenvalue weighted by atomic mass is 31.1. The van der Waals surface area contributed by atoms with Gasteiger partial charge >= 0.3 is 0 Å². The zero-order valence-electron chi connectivity index (χ0n) is 10.9. The van der Waals surface area contributed by atoms with Gasteiger partial charge in [-0.05, 0) is 29.6 Å². The van der Waals surface area contributed by atoms with E-state index in [1.807, 2.05) is 30.3 Å². The predicted octanol–water partition coefficient (Wildman–Crippen LogP) is 2.26. The van der Waals surface area contributed by atoms with Crippen molar-refractivity contribution in [3.05, 3.63) is 66.1 Å². The largest absolute Gasteiger partial charge is 0.453 e. The maximum absolute atomic E-state index is 10.8. The van der Waals surface area contributed by atoms with Gasteiger partial charge in [-0.3, -0.25) is 9.59 Å². The predicted molar refractivity (Wildman–Crippen MR) is 80.5 cm³/mol. The number of aldehydes is 2. The minimum atomic E-state index is -1.07. The Labute approximate surface area is 122 Å². The van der Waals surface area contributed by atoms with E-state index in [-0.39, 0.29) is 11.5 Å². The van der Waals surface area contributed by atoms with Gasteiger partial charge in [0.05, 0.1) is 7.92 Å². The van der Waals surface area contributed by atoms with Crippen molar-refractivity contribution < 1.29 is 18.4 Å². The van der Waals surface area contributed by atoms with Crippen LogP contribution < -0.4 is 16.3 Å². The highest BCUT2D eigenvalue weighted by Crippen LogP contribution is 2.33. The molecule has 2 aromatic heterocycles. The molecule has 3 aromatic rings. The van der Waals surface area contributed by atoms with Gasteiger partial charge in [-0.25, -0.2) is 0 Å². The number of hydrogen-bond acceptors (Lipinski definition) is 4. The minimum absolute atomic E-state index is 0.274. The highest BCUT2D eigenvalue weighted by molar-refractivity contribution is 7.79. The van der Waals surface area contributed by atoms with Gasteiger partial charge in [0.1, 0.15) is 11.0 Å². The van der Waals surface area contributed by atoms with Gasteiger partial charge in [-0.2, -0.15) is 0 Å². The smallest absolute Gasteiger partial charge is 0.185 e. The van der Waals surface area contributed by atoms with Gasteiger partial charge < -0.3 is 8.83 Å². The molecule has 0 saturated heterocycles. The van der Waals surface area contributed by atoms with Crippen LogP contribution in [0.3, 0.4) is 0 Å². The fraction of sp³-hybridized carbons (Fsp3) is 0. The van der Waals surface area contributed by atoms with Crippen LogP contribution in [0.15, 0.2) is 63.4 Å². The Morgan fingerprint density at radius 2 is 1.24 bits per heavy atom. The first-order chi connectivity index (χ1) is 10.3. The van der Waals surface area contributed by atoms with Crippen molar-refractivity contribution in [1.29, 1.82) is 0 Å². The van der Waals surface area contributed by atoms with Crippen LogP contribution in [-0.4, -0.2) is 12.6 Å². The molecule has 2 heterocycles. The summed E-state index contributed by atoms with van der Waals surface area (Å²) in [5.41, 5.74) is 1.31. The number of rotatable bonds is 5. The molecule has 0 fully saturated rings. The van der Waals surface area contributed by atoms with Crippen LogP contribution in [0.4, 0.5) is 0 Å². The van der Waals surface area contributed by atoms with Crippen LogP contribution in [0.2, 0.25) is 0 Å². The Kier molecular flexibility index (Phi) is 3.80. The lowest BCUT2D eigenvalue weighted by molar-refractivity contribution is 0.109. The van der Waals surface area contributed by atoms with E-state index in [4.69, 9.17) is 8.83 Å². The summed E-state index contributed by atoms with van der Waals surface area (Å²) in [6, 6.07) is 16.5. The van der Waals surface area contributed by atoms with E-state index in [1.165, 1.54) is 0 Å². The average Bonchev–Trinajstić information content (AvgIpc) is 3.18. The Morgan fingerprint density at radius 1 is 0.714 bits per heavy atom. The topological polar surface area (TPSA) is 60.4 Å². The monoisotopic (exact) mass is 298 g/mol. The Morgan fingerprint density at radius 3 is 1.67 bits per heavy atom. The molecule has 0 N–H and O–H groups in total. The molecule has 0 aliphatic heterocycles. The van der Waals surface area contributed by atoms with Gasteiger partial charge in [0.2, 0.25) is 0 Å². The molecule has 0 radical (unpaired) electrons. The molecule has 0 bridgehead atoms. The lowest BCUT2D eigenvalue weighted by Crippen LogP contribution is -2.18. The maximum Gasteiger partial charge on any atom is 0.185 e. The van der Waals surface area contributed by atoms with Gasteiger partial charge in [0.25, 0.3) is 0 Å². The van der Waals surface area contributed by atoms with Crippen LogP contribution >= 0.6 is 7.92 Å². The molecule has 0 saturated carbocycles. The molecule has 5 heteroatoms. The summed E-state index contributed by atoms with van der Waals surface area (Å²) in [4.78, 5) is 21.6. The van der Waals surface area contributed by atoms with Gasteiger partial charge in [-0.1, -0.05) is 30.3 Å². The third kappa shape index (κ3) is 2.71. The van der Waals surface area contributed by atoms with Crippen molar-refractivity contribution in [1.82, 2.24) is 0 Å². The zero-order valence-corrected chi connectivity index (χ0v) is 11.8. The Balaban J connectivity index is 2.10. The number of furan rings is 2. The molecule has 21 heavy (non-hydrogen) atoms. The molecule has 0 atom stereocenters. The van der Waals surface area contributed by atoms with Gasteiger partial charge in [0, 0.05) is 0 Å². The summed E-state index contributed by atoms with van der Waals surface area (Å²) >= 11 is 0. The minimum Gasteiger partial charge on any atom is -0.453 e. The van der Waals surface area contributed by atoms with Crippen molar-refractivity contribution in [2.24, 2.45) is 0 Å². The Hall–Kier alpha value is -2.45. The summed E-state index contributed by atoms with van der Waals surface area (Å²) in [5.74, 6) is 0.547. The van der Waals surface area contributed by atoms with Crippen molar-refractivity contribution in [3.8, 4) is 0 Å². The lowest BCUT2D eigenvalue weighted by Gasteiger charge is -2.12. The second-order valence-electron chi connectivity index (χ2n) is 4.26. The third-order valence-corrected chi connectivity index (χ3v) is 5.09. The summed E-state index contributed by atoms with van der Waals surface area (Å²) < 4.78 is 11.1. The molecule has 4 nitrogen and oxygen atoms in total. The molecular formula is C16H11O4P. The zero-order chi connectivity index (χ0) is 14.7. The van der Waals surface area contributed by atoms with Crippen molar-refractivity contribution in [2.45, 2.75) is 0 Å². The molecule has 1 aromatic carbocycles. The standard InChI is InChI=1S/C16H11O4P/c17-10-12-6-8-15(19-12)21(14-4-2-1-3-5-14)16-9-7-13(11-18)20-16/h1-11H. The first-order valence-electron chi connectivity index (χ1n) is 6.27. The van der Waals surface area contributed by atoms with Crippen LogP contribution in [0.1, 0.15) is 21.1 Å². The summed E-state index contributed by atoms with van der Waals surface area (Å²) in [6.45, 7) is 0. The molecule has 104 valence electrons. The first kappa shape index (κ1) is 13.5. The first-order valence-corrected chi connectivity index (χ1v) is 7.61. The highest BCUT2D eigenvalue weighted by Gasteiger charge is 2.23. The molecule has 0 aliphatic carbocycles. The SMILES string of the molecule is O=Cc1ccc(P(c2ccccc2)c2ccc(C=O)o2)o1. The second kappa shape index (κ2) is 5.90. The summed E-state index contributed by atoms with van der Waals surface area (Å²) in [6.07, 6.45) is 1.34. The maximum atomic E-state index is 10.8. The fourth-order valence-electron chi connectivity index (χ4n) is 1.99. The second-order valence-corrected chi connectivity index (χ2v) is 6.33. The van der Waals surface area contributed by atoms with Crippen molar-refractivity contribution in [3.63, 3.8) is 0 Å². The molecule has 0 unspecified atom stereocenters. The van der Waals surface area contributed by atoms with E-state index in [1.54, 1.807) is 24.3 Å². The average molecular weight is 298 g/mol. The summed E-state index contributed by atoms with van der Waals surface area (Å²) in [5, 5.41) is 1.02. The fourth-order valence-corrected chi connectivity index (χ4v) is 4.03. The number of hydrogen-bond donors (Lipinski definition) is 0. The van der Waals surface area contributed by atoms with Crippen LogP contribution in [0, 0.1) is 0 Å². The Bertz CT molecular complexity index is 711. The quantitative estimate of drug-likeness (QED) is 0.535. The van der Waals surface area contributed by atoms with E-state index >= 15 is 0 Å². The van der Waals surface area contributed by atoms with Gasteiger partial charge in [0.15, 0.2) is 24.1 Å². The van der Waals surface area contributed by atoms with E-state index in [0.717, 1.165) is 5.30 Å². The van der Waals surface area contributed by atoms with E-state index in [0.29, 0.717) is 23.6 Å². The van der Waals surface area contributed by atoms with Crippen molar-refractivity contribution >= 4 is 36.8 Å². The molecule has 0 aliphatic rings.